The van der Waals surface area contributed by atoms with Gasteiger partial charge in [0.2, 0.25) is 0 Å². The van der Waals surface area contributed by atoms with Crippen molar-refractivity contribution in [3.8, 4) is 5.75 Å². The smallest absolute Gasteiger partial charge is 0.408 e. The Hall–Kier alpha value is -3.02. The molecule has 0 radical (unpaired) electrons. The zero-order chi connectivity index (χ0) is 16.9. The summed E-state index contributed by atoms with van der Waals surface area (Å²) >= 11 is 0. The van der Waals surface area contributed by atoms with Crippen molar-refractivity contribution in [2.24, 2.45) is 0 Å². The fraction of sp³-hybridized carbons (Fsp3) is 0.222. The molecule has 0 aromatic heterocycles. The van der Waals surface area contributed by atoms with Gasteiger partial charge >= 0.3 is 6.09 Å². The average Bonchev–Trinajstić information content (AvgIpc) is 2.64. The van der Waals surface area contributed by atoms with Gasteiger partial charge < -0.3 is 19.7 Å². The number of anilines is 1. The van der Waals surface area contributed by atoms with Crippen molar-refractivity contribution in [1.29, 1.82) is 0 Å². The van der Waals surface area contributed by atoms with Gasteiger partial charge in [-0.2, -0.15) is 0 Å². The van der Waals surface area contributed by atoms with Gasteiger partial charge in [0.25, 0.3) is 5.91 Å². The third-order valence-corrected chi connectivity index (χ3v) is 3.82. The lowest BCUT2D eigenvalue weighted by Gasteiger charge is -2.38. The Labute approximate surface area is 140 Å². The largest absolute Gasteiger partial charge is 0.497 e. The van der Waals surface area contributed by atoms with Crippen molar-refractivity contribution in [3.63, 3.8) is 0 Å². The fourth-order valence-electron chi connectivity index (χ4n) is 2.44. The van der Waals surface area contributed by atoms with E-state index in [2.05, 4.69) is 5.32 Å². The topological polar surface area (TPSA) is 67.9 Å². The van der Waals surface area contributed by atoms with Gasteiger partial charge in [-0.15, -0.1) is 0 Å². The Morgan fingerprint density at radius 2 is 1.88 bits per heavy atom. The number of β-lactam (4-membered cyclic amide) rings is 1. The van der Waals surface area contributed by atoms with Gasteiger partial charge in [0.15, 0.2) is 0 Å². The number of hydrogen-bond donors (Lipinski definition) is 1. The first kappa shape index (κ1) is 15.9. The van der Waals surface area contributed by atoms with E-state index < -0.39 is 12.1 Å². The molecule has 1 saturated heterocycles. The Kier molecular flexibility index (Phi) is 4.65. The van der Waals surface area contributed by atoms with Gasteiger partial charge in [-0.25, -0.2) is 4.79 Å². The highest BCUT2D eigenvalue weighted by Gasteiger charge is 2.39. The molecule has 2 aromatic rings. The van der Waals surface area contributed by atoms with Crippen LogP contribution in [-0.4, -0.2) is 31.7 Å². The second kappa shape index (κ2) is 7.04. The lowest BCUT2D eigenvalue weighted by atomic mass is 10.1. The minimum Gasteiger partial charge on any atom is -0.497 e. The van der Waals surface area contributed by atoms with E-state index in [-0.39, 0.29) is 12.5 Å². The Bertz CT molecular complexity index is 716. The van der Waals surface area contributed by atoms with Crippen LogP contribution in [0.1, 0.15) is 5.56 Å². The summed E-state index contributed by atoms with van der Waals surface area (Å²) in [6.45, 7) is 0.599. The van der Waals surface area contributed by atoms with Gasteiger partial charge in [0, 0.05) is 5.69 Å². The molecule has 3 rings (SSSR count). The van der Waals surface area contributed by atoms with Gasteiger partial charge in [-0.1, -0.05) is 30.3 Å². The maximum atomic E-state index is 12.2. The van der Waals surface area contributed by atoms with Crippen molar-refractivity contribution in [2.75, 3.05) is 18.6 Å². The van der Waals surface area contributed by atoms with Crippen LogP contribution >= 0.6 is 0 Å². The summed E-state index contributed by atoms with van der Waals surface area (Å²) in [4.78, 5) is 25.5. The summed E-state index contributed by atoms with van der Waals surface area (Å²) in [5.41, 5.74) is 1.67. The Morgan fingerprint density at radius 1 is 1.17 bits per heavy atom. The van der Waals surface area contributed by atoms with Crippen LogP contribution in [-0.2, 0) is 16.1 Å². The normalized spacial score (nSPS) is 16.3. The highest BCUT2D eigenvalue weighted by Crippen LogP contribution is 2.24. The number of nitrogens with one attached hydrogen (secondary N) is 1. The molecular weight excluding hydrogens is 308 g/mol. The molecule has 6 nitrogen and oxygen atoms in total. The lowest BCUT2D eigenvalue weighted by Crippen LogP contribution is -2.64. The molecule has 0 aliphatic carbocycles. The van der Waals surface area contributed by atoms with E-state index >= 15 is 0 Å². The third-order valence-electron chi connectivity index (χ3n) is 3.82. The molecule has 2 aromatic carbocycles. The van der Waals surface area contributed by atoms with Crippen LogP contribution in [0.4, 0.5) is 10.5 Å². The van der Waals surface area contributed by atoms with Crippen LogP contribution in [0.2, 0.25) is 0 Å². The second-order valence-electron chi connectivity index (χ2n) is 5.41. The number of methoxy groups -OCH3 is 1. The van der Waals surface area contributed by atoms with E-state index in [0.29, 0.717) is 6.54 Å². The molecule has 6 heteroatoms. The van der Waals surface area contributed by atoms with Crippen LogP contribution in [0.3, 0.4) is 0 Å². The van der Waals surface area contributed by atoms with E-state index in [1.54, 1.807) is 36.3 Å². The molecule has 0 bridgehead atoms. The van der Waals surface area contributed by atoms with Gasteiger partial charge in [-0.3, -0.25) is 4.79 Å². The predicted octanol–water partition coefficient (Wildman–Crippen LogP) is 2.34. The van der Waals surface area contributed by atoms with Gasteiger partial charge in [0.05, 0.1) is 13.7 Å². The van der Waals surface area contributed by atoms with E-state index in [9.17, 15) is 9.59 Å². The molecule has 1 atom stereocenters. The Morgan fingerprint density at radius 3 is 2.50 bits per heavy atom. The molecule has 0 spiro atoms. The number of carbonyl (C=O) groups is 2. The first-order chi connectivity index (χ1) is 11.7. The molecule has 0 saturated carbocycles. The number of amides is 2. The molecule has 24 heavy (non-hydrogen) atoms. The molecule has 2 amide bonds. The summed E-state index contributed by atoms with van der Waals surface area (Å²) in [6.07, 6.45) is -0.591. The summed E-state index contributed by atoms with van der Waals surface area (Å²) in [6, 6.07) is 16.0. The maximum absolute atomic E-state index is 12.2. The number of carbonyl (C=O) groups excluding carboxylic acids is 2. The van der Waals surface area contributed by atoms with Crippen LogP contribution in [0, 0.1) is 0 Å². The molecule has 1 heterocycles. The summed E-state index contributed by atoms with van der Waals surface area (Å²) in [5.74, 6) is 0.572. The van der Waals surface area contributed by atoms with E-state index in [4.69, 9.17) is 9.47 Å². The van der Waals surface area contributed by atoms with E-state index in [0.717, 1.165) is 17.0 Å². The second-order valence-corrected chi connectivity index (χ2v) is 5.41. The predicted molar refractivity (Wildman–Crippen MR) is 88.9 cm³/mol. The Balaban J connectivity index is 1.47. The molecule has 1 unspecified atom stereocenters. The summed E-state index contributed by atoms with van der Waals surface area (Å²) in [5, 5.41) is 2.58. The standard InChI is InChI=1S/C18H18N2O4/c1-23-15-9-7-14(8-10-15)20-11-16(17(20)21)19-18(22)24-12-13-5-3-2-4-6-13/h2-10,16H,11-12H2,1H3,(H,19,22). The highest BCUT2D eigenvalue weighted by molar-refractivity contribution is 6.05. The number of hydrogen-bond acceptors (Lipinski definition) is 4. The van der Waals surface area contributed by atoms with Crippen molar-refractivity contribution < 1.29 is 19.1 Å². The van der Waals surface area contributed by atoms with Crippen LogP contribution < -0.4 is 15.0 Å². The zero-order valence-corrected chi connectivity index (χ0v) is 13.3. The molecular formula is C18H18N2O4. The number of nitrogens with zero attached hydrogens (tertiary/aromatic N) is 1. The molecule has 1 aliphatic rings. The molecule has 1 N–H and O–H groups in total. The van der Waals surface area contributed by atoms with Crippen molar-refractivity contribution in [2.45, 2.75) is 12.6 Å². The lowest BCUT2D eigenvalue weighted by molar-refractivity contribution is -0.124. The quantitative estimate of drug-likeness (QED) is 0.857. The number of benzene rings is 2. The van der Waals surface area contributed by atoms with E-state index in [1.165, 1.54) is 0 Å². The van der Waals surface area contributed by atoms with Crippen LogP contribution in [0.5, 0.6) is 5.75 Å². The van der Waals surface area contributed by atoms with Crippen molar-refractivity contribution in [1.82, 2.24) is 5.32 Å². The third kappa shape index (κ3) is 3.48. The summed E-state index contributed by atoms with van der Waals surface area (Å²) in [7, 11) is 1.59. The van der Waals surface area contributed by atoms with Gasteiger partial charge in [0.1, 0.15) is 18.4 Å². The fourth-order valence-corrected chi connectivity index (χ4v) is 2.44. The number of alkyl carbamates (subject to hydrolysis) is 1. The number of rotatable bonds is 5. The van der Waals surface area contributed by atoms with Gasteiger partial charge in [-0.05, 0) is 29.8 Å². The minimum absolute atomic E-state index is 0.156. The molecule has 1 aliphatic heterocycles. The zero-order valence-electron chi connectivity index (χ0n) is 13.3. The van der Waals surface area contributed by atoms with Crippen LogP contribution in [0.15, 0.2) is 54.6 Å². The number of ether oxygens (including phenoxy) is 2. The first-order valence-corrected chi connectivity index (χ1v) is 7.60. The molecule has 124 valence electrons. The highest BCUT2D eigenvalue weighted by atomic mass is 16.5. The minimum atomic E-state index is -0.591. The van der Waals surface area contributed by atoms with Crippen LogP contribution in [0.25, 0.3) is 0 Å². The monoisotopic (exact) mass is 326 g/mol. The maximum Gasteiger partial charge on any atom is 0.408 e. The SMILES string of the molecule is COc1ccc(N2CC(NC(=O)OCc3ccccc3)C2=O)cc1. The summed E-state index contributed by atoms with van der Waals surface area (Å²) < 4.78 is 10.2. The first-order valence-electron chi connectivity index (χ1n) is 7.60. The molecule has 1 fully saturated rings. The van der Waals surface area contributed by atoms with E-state index in [1.807, 2.05) is 30.3 Å². The van der Waals surface area contributed by atoms with Crippen molar-refractivity contribution in [3.05, 3.63) is 60.2 Å². The van der Waals surface area contributed by atoms with Crippen molar-refractivity contribution >= 4 is 17.7 Å². The average molecular weight is 326 g/mol.